The minimum absolute atomic E-state index is 0.0729. The third-order valence-electron chi connectivity index (χ3n) is 2.10. The summed E-state index contributed by atoms with van der Waals surface area (Å²) in [5.74, 6) is 0.780. The van der Waals surface area contributed by atoms with Crippen LogP contribution in [0.2, 0.25) is 0 Å². The van der Waals surface area contributed by atoms with E-state index in [4.69, 9.17) is 0 Å². The van der Waals surface area contributed by atoms with E-state index in [2.05, 4.69) is 12.2 Å². The SMILES string of the molecule is CCCNC(=O)N(C)CC1CC1. The van der Waals surface area contributed by atoms with Gasteiger partial charge in [0.1, 0.15) is 0 Å². The van der Waals surface area contributed by atoms with Crippen molar-refractivity contribution in [2.24, 2.45) is 5.92 Å². The summed E-state index contributed by atoms with van der Waals surface area (Å²) in [6, 6.07) is 0.0729. The summed E-state index contributed by atoms with van der Waals surface area (Å²) in [5.41, 5.74) is 0. The molecule has 1 aliphatic carbocycles. The molecule has 1 N–H and O–H groups in total. The van der Waals surface area contributed by atoms with Crippen LogP contribution in [-0.4, -0.2) is 31.1 Å². The molecule has 12 heavy (non-hydrogen) atoms. The Balaban J connectivity index is 2.11. The topological polar surface area (TPSA) is 32.3 Å². The Morgan fingerprint density at radius 1 is 1.58 bits per heavy atom. The lowest BCUT2D eigenvalue weighted by Gasteiger charge is -2.16. The molecule has 3 heteroatoms. The molecule has 0 heterocycles. The van der Waals surface area contributed by atoms with Gasteiger partial charge in [-0.1, -0.05) is 6.92 Å². The van der Waals surface area contributed by atoms with Gasteiger partial charge in [0.25, 0.3) is 0 Å². The lowest BCUT2D eigenvalue weighted by Crippen LogP contribution is -2.38. The van der Waals surface area contributed by atoms with Crippen molar-refractivity contribution in [3.63, 3.8) is 0 Å². The van der Waals surface area contributed by atoms with Crippen molar-refractivity contribution in [3.8, 4) is 0 Å². The maximum atomic E-state index is 11.3. The van der Waals surface area contributed by atoms with Gasteiger partial charge < -0.3 is 10.2 Å². The van der Waals surface area contributed by atoms with E-state index in [0.29, 0.717) is 0 Å². The molecule has 1 fully saturated rings. The van der Waals surface area contributed by atoms with Crippen LogP contribution in [0.5, 0.6) is 0 Å². The predicted molar refractivity (Wildman–Crippen MR) is 49.0 cm³/mol. The molecule has 1 rings (SSSR count). The van der Waals surface area contributed by atoms with Gasteiger partial charge in [-0.25, -0.2) is 4.79 Å². The van der Waals surface area contributed by atoms with E-state index in [1.807, 2.05) is 7.05 Å². The van der Waals surface area contributed by atoms with Gasteiger partial charge in [0.2, 0.25) is 0 Å². The van der Waals surface area contributed by atoms with Gasteiger partial charge in [-0.05, 0) is 25.2 Å². The van der Waals surface area contributed by atoms with Gasteiger partial charge in [0.15, 0.2) is 0 Å². The molecule has 2 amide bonds. The zero-order valence-corrected chi connectivity index (χ0v) is 7.97. The minimum atomic E-state index is 0.0729. The van der Waals surface area contributed by atoms with Gasteiger partial charge in [-0.2, -0.15) is 0 Å². The summed E-state index contributed by atoms with van der Waals surface area (Å²) in [6.45, 7) is 3.77. The second-order valence-electron chi connectivity index (χ2n) is 3.56. The van der Waals surface area contributed by atoms with E-state index in [9.17, 15) is 4.79 Å². The van der Waals surface area contributed by atoms with Crippen LogP contribution in [0.15, 0.2) is 0 Å². The van der Waals surface area contributed by atoms with Crippen LogP contribution < -0.4 is 5.32 Å². The molecule has 0 atom stereocenters. The van der Waals surface area contributed by atoms with E-state index in [1.165, 1.54) is 12.8 Å². The van der Waals surface area contributed by atoms with Crippen LogP contribution in [0.25, 0.3) is 0 Å². The highest BCUT2D eigenvalue weighted by molar-refractivity contribution is 5.73. The van der Waals surface area contributed by atoms with Crippen LogP contribution in [0.1, 0.15) is 26.2 Å². The molecule has 0 radical (unpaired) electrons. The molecule has 0 aromatic carbocycles. The highest BCUT2D eigenvalue weighted by Crippen LogP contribution is 2.29. The quantitative estimate of drug-likeness (QED) is 0.680. The van der Waals surface area contributed by atoms with Crippen LogP contribution >= 0.6 is 0 Å². The summed E-state index contributed by atoms with van der Waals surface area (Å²) in [6.07, 6.45) is 3.60. The number of urea groups is 1. The fraction of sp³-hybridized carbons (Fsp3) is 0.889. The van der Waals surface area contributed by atoms with Crippen molar-refractivity contribution in [1.29, 1.82) is 0 Å². The number of rotatable bonds is 4. The number of nitrogens with zero attached hydrogens (tertiary/aromatic N) is 1. The second-order valence-corrected chi connectivity index (χ2v) is 3.56. The molecule has 0 spiro atoms. The first-order valence-corrected chi connectivity index (χ1v) is 4.73. The molecule has 3 nitrogen and oxygen atoms in total. The average Bonchev–Trinajstić information content (AvgIpc) is 2.83. The van der Waals surface area contributed by atoms with E-state index in [-0.39, 0.29) is 6.03 Å². The van der Waals surface area contributed by atoms with Crippen LogP contribution in [0.4, 0.5) is 4.79 Å². The van der Waals surface area contributed by atoms with Crippen LogP contribution in [0.3, 0.4) is 0 Å². The summed E-state index contributed by atoms with van der Waals surface area (Å²) >= 11 is 0. The Kier molecular flexibility index (Phi) is 3.38. The standard InChI is InChI=1S/C9H18N2O/c1-3-6-10-9(12)11(2)7-8-4-5-8/h8H,3-7H2,1-2H3,(H,10,12). The van der Waals surface area contributed by atoms with E-state index >= 15 is 0 Å². The number of hydrogen-bond acceptors (Lipinski definition) is 1. The van der Waals surface area contributed by atoms with E-state index < -0.39 is 0 Å². The minimum Gasteiger partial charge on any atom is -0.338 e. The smallest absolute Gasteiger partial charge is 0.317 e. The summed E-state index contributed by atoms with van der Waals surface area (Å²) in [7, 11) is 1.86. The lowest BCUT2D eigenvalue weighted by molar-refractivity contribution is 0.207. The van der Waals surface area contributed by atoms with Crippen molar-refractivity contribution in [2.45, 2.75) is 26.2 Å². The Bertz CT molecular complexity index is 155. The third kappa shape index (κ3) is 3.11. The highest BCUT2D eigenvalue weighted by Gasteiger charge is 2.24. The molecular formula is C9H18N2O. The Morgan fingerprint density at radius 3 is 2.75 bits per heavy atom. The Hall–Kier alpha value is -0.730. The summed E-state index contributed by atoms with van der Waals surface area (Å²) in [5, 5.41) is 2.85. The van der Waals surface area contributed by atoms with Crippen molar-refractivity contribution in [1.82, 2.24) is 10.2 Å². The first-order valence-electron chi connectivity index (χ1n) is 4.73. The first kappa shape index (κ1) is 9.36. The van der Waals surface area contributed by atoms with Crippen LogP contribution in [-0.2, 0) is 0 Å². The second kappa shape index (κ2) is 4.33. The monoisotopic (exact) mass is 170 g/mol. The van der Waals surface area contributed by atoms with Crippen molar-refractivity contribution in [2.75, 3.05) is 20.1 Å². The number of carbonyl (C=O) groups excluding carboxylic acids is 1. The molecule has 0 unspecified atom stereocenters. The normalized spacial score (nSPS) is 15.8. The number of amides is 2. The molecular weight excluding hydrogens is 152 g/mol. The van der Waals surface area contributed by atoms with Crippen molar-refractivity contribution in [3.05, 3.63) is 0 Å². The predicted octanol–water partition coefficient (Wildman–Crippen LogP) is 1.45. The summed E-state index contributed by atoms with van der Waals surface area (Å²) < 4.78 is 0. The fourth-order valence-electron chi connectivity index (χ4n) is 1.14. The molecule has 0 aliphatic heterocycles. The van der Waals surface area contributed by atoms with Gasteiger partial charge in [-0.15, -0.1) is 0 Å². The van der Waals surface area contributed by atoms with Crippen LogP contribution in [0, 0.1) is 5.92 Å². The van der Waals surface area contributed by atoms with E-state index in [0.717, 1.165) is 25.4 Å². The van der Waals surface area contributed by atoms with E-state index in [1.54, 1.807) is 4.90 Å². The Labute approximate surface area is 74.1 Å². The van der Waals surface area contributed by atoms with Gasteiger partial charge in [-0.3, -0.25) is 0 Å². The highest BCUT2D eigenvalue weighted by atomic mass is 16.2. The maximum absolute atomic E-state index is 11.3. The van der Waals surface area contributed by atoms with Crippen molar-refractivity contribution >= 4 is 6.03 Å². The molecule has 70 valence electrons. The van der Waals surface area contributed by atoms with Gasteiger partial charge in [0, 0.05) is 20.1 Å². The first-order chi connectivity index (χ1) is 5.74. The zero-order chi connectivity index (χ0) is 8.97. The molecule has 0 aromatic rings. The lowest BCUT2D eigenvalue weighted by atomic mass is 10.4. The molecule has 0 aromatic heterocycles. The average molecular weight is 170 g/mol. The molecule has 0 saturated heterocycles. The number of hydrogen-bond donors (Lipinski definition) is 1. The molecule has 1 saturated carbocycles. The Morgan fingerprint density at radius 2 is 2.25 bits per heavy atom. The summed E-state index contributed by atoms with van der Waals surface area (Å²) in [4.78, 5) is 13.1. The van der Waals surface area contributed by atoms with Crippen molar-refractivity contribution < 1.29 is 4.79 Å². The number of carbonyl (C=O) groups is 1. The molecule has 1 aliphatic rings. The third-order valence-corrected chi connectivity index (χ3v) is 2.10. The number of nitrogens with one attached hydrogen (secondary N) is 1. The largest absolute Gasteiger partial charge is 0.338 e. The van der Waals surface area contributed by atoms with Gasteiger partial charge in [0.05, 0.1) is 0 Å². The van der Waals surface area contributed by atoms with Gasteiger partial charge >= 0.3 is 6.03 Å². The maximum Gasteiger partial charge on any atom is 0.317 e. The molecule has 0 bridgehead atoms. The fourth-order valence-corrected chi connectivity index (χ4v) is 1.14. The zero-order valence-electron chi connectivity index (χ0n) is 7.97.